The third kappa shape index (κ3) is 4.73. The number of hydrogen-bond donors (Lipinski definition) is 0. The fraction of sp³-hybridized carbons (Fsp3) is 0.261. The summed E-state index contributed by atoms with van der Waals surface area (Å²) in [7, 11) is 0. The lowest BCUT2D eigenvalue weighted by atomic mass is 9.99. The second kappa shape index (κ2) is 8.93. The van der Waals surface area contributed by atoms with Crippen LogP contribution in [0.2, 0.25) is 0 Å². The predicted octanol–water partition coefficient (Wildman–Crippen LogP) is 4.55. The minimum absolute atomic E-state index is 0.0718. The zero-order valence-corrected chi connectivity index (χ0v) is 16.5. The van der Waals surface area contributed by atoms with Crippen molar-refractivity contribution < 1.29 is 4.79 Å². The molecule has 1 aromatic heterocycles. The molecule has 5 heteroatoms. The van der Waals surface area contributed by atoms with Crippen LogP contribution < -0.4 is 0 Å². The number of aromatic nitrogens is 2. The van der Waals surface area contributed by atoms with Gasteiger partial charge >= 0.3 is 0 Å². The quantitative estimate of drug-likeness (QED) is 0.602. The van der Waals surface area contributed by atoms with Gasteiger partial charge in [-0.15, -0.1) is 21.5 Å². The van der Waals surface area contributed by atoms with Crippen molar-refractivity contribution >= 4 is 23.3 Å². The topological polar surface area (TPSA) is 46.1 Å². The van der Waals surface area contributed by atoms with Crippen LogP contribution in [0.25, 0.3) is 6.08 Å². The molecule has 1 aliphatic heterocycles. The van der Waals surface area contributed by atoms with E-state index < -0.39 is 0 Å². The molecule has 1 fully saturated rings. The summed E-state index contributed by atoms with van der Waals surface area (Å²) in [5.74, 6) is 0.354. The van der Waals surface area contributed by atoms with E-state index in [2.05, 4.69) is 22.3 Å². The number of nitrogens with zero attached hydrogens (tertiary/aromatic N) is 3. The number of carbonyl (C=O) groups excluding carboxylic acids is 1. The van der Waals surface area contributed by atoms with Gasteiger partial charge in [0.25, 0.3) is 0 Å². The van der Waals surface area contributed by atoms with Gasteiger partial charge in [-0.25, -0.2) is 0 Å². The molecule has 4 rings (SSSR count). The van der Waals surface area contributed by atoms with Crippen LogP contribution in [0, 0.1) is 0 Å². The molecule has 2 heterocycles. The summed E-state index contributed by atoms with van der Waals surface area (Å²) in [6.07, 6.45) is 6.44. The summed E-state index contributed by atoms with van der Waals surface area (Å²) in [4.78, 5) is 14.5. The van der Waals surface area contributed by atoms with Crippen LogP contribution in [0.15, 0.2) is 66.7 Å². The SMILES string of the molecule is O=C(/C=C\c1ccccc1)N1CCCC(c2nnc(Cc3ccccc3)s2)C1. The van der Waals surface area contributed by atoms with Gasteiger partial charge in [-0.2, -0.15) is 0 Å². The Labute approximate surface area is 169 Å². The molecule has 28 heavy (non-hydrogen) atoms. The molecule has 0 bridgehead atoms. The van der Waals surface area contributed by atoms with E-state index in [1.165, 1.54) is 5.56 Å². The van der Waals surface area contributed by atoms with Crippen molar-refractivity contribution in [2.45, 2.75) is 25.2 Å². The van der Waals surface area contributed by atoms with Gasteiger partial charge in [-0.05, 0) is 30.0 Å². The highest BCUT2D eigenvalue weighted by Crippen LogP contribution is 2.30. The Balaban J connectivity index is 1.38. The maximum Gasteiger partial charge on any atom is 0.246 e. The van der Waals surface area contributed by atoms with Crippen LogP contribution in [0.5, 0.6) is 0 Å². The van der Waals surface area contributed by atoms with Crippen molar-refractivity contribution in [1.82, 2.24) is 15.1 Å². The zero-order valence-electron chi connectivity index (χ0n) is 15.7. The van der Waals surface area contributed by atoms with Gasteiger partial charge in [0.05, 0.1) is 0 Å². The molecule has 2 aromatic carbocycles. The van der Waals surface area contributed by atoms with Crippen molar-refractivity contribution in [3.63, 3.8) is 0 Å². The van der Waals surface area contributed by atoms with Gasteiger partial charge in [0.2, 0.25) is 5.91 Å². The first-order chi connectivity index (χ1) is 13.8. The van der Waals surface area contributed by atoms with E-state index in [1.54, 1.807) is 17.4 Å². The predicted molar refractivity (Wildman–Crippen MR) is 113 cm³/mol. The average molecular weight is 390 g/mol. The van der Waals surface area contributed by atoms with Crippen LogP contribution in [-0.2, 0) is 11.2 Å². The summed E-state index contributed by atoms with van der Waals surface area (Å²) in [5.41, 5.74) is 2.29. The van der Waals surface area contributed by atoms with Gasteiger partial charge in [-0.1, -0.05) is 60.7 Å². The number of rotatable bonds is 5. The first kappa shape index (κ1) is 18.6. The molecule has 0 spiro atoms. The normalized spacial score (nSPS) is 17.1. The molecular formula is C23H23N3OS. The minimum Gasteiger partial charge on any atom is -0.338 e. The zero-order chi connectivity index (χ0) is 19.2. The smallest absolute Gasteiger partial charge is 0.246 e. The third-order valence-corrected chi connectivity index (χ3v) is 6.07. The van der Waals surface area contributed by atoms with Gasteiger partial charge in [0.15, 0.2) is 0 Å². The van der Waals surface area contributed by atoms with E-state index in [9.17, 15) is 4.79 Å². The Morgan fingerprint density at radius 2 is 1.82 bits per heavy atom. The van der Waals surface area contributed by atoms with Gasteiger partial charge < -0.3 is 4.90 Å². The van der Waals surface area contributed by atoms with E-state index in [0.29, 0.717) is 0 Å². The Hall–Kier alpha value is -2.79. The van der Waals surface area contributed by atoms with E-state index in [1.807, 2.05) is 59.5 Å². The number of hydrogen-bond acceptors (Lipinski definition) is 4. The summed E-state index contributed by atoms with van der Waals surface area (Å²) in [6, 6.07) is 20.3. The molecule has 1 aliphatic rings. The standard InChI is InChI=1S/C23H23N3OS/c27-22(14-13-18-8-3-1-4-9-18)26-15-7-12-20(17-26)23-25-24-21(28-23)16-19-10-5-2-6-11-19/h1-6,8-11,13-14,20H,7,12,15-17H2/b14-13-. The van der Waals surface area contributed by atoms with Crippen molar-refractivity contribution in [2.24, 2.45) is 0 Å². The fourth-order valence-corrected chi connectivity index (χ4v) is 4.49. The number of carbonyl (C=O) groups is 1. The maximum atomic E-state index is 12.6. The lowest BCUT2D eigenvalue weighted by Gasteiger charge is -2.30. The van der Waals surface area contributed by atoms with Crippen LogP contribution >= 0.6 is 11.3 Å². The van der Waals surface area contributed by atoms with Crippen molar-refractivity contribution in [1.29, 1.82) is 0 Å². The Morgan fingerprint density at radius 1 is 1.07 bits per heavy atom. The van der Waals surface area contributed by atoms with Gasteiger partial charge in [-0.3, -0.25) is 4.79 Å². The van der Waals surface area contributed by atoms with Crippen LogP contribution in [0.1, 0.15) is 39.9 Å². The molecule has 4 nitrogen and oxygen atoms in total. The van der Waals surface area contributed by atoms with Crippen LogP contribution in [0.3, 0.4) is 0 Å². The lowest BCUT2D eigenvalue weighted by molar-refractivity contribution is -0.127. The van der Waals surface area contributed by atoms with E-state index in [-0.39, 0.29) is 11.8 Å². The summed E-state index contributed by atoms with van der Waals surface area (Å²) in [5, 5.41) is 10.9. The molecule has 0 aliphatic carbocycles. The largest absolute Gasteiger partial charge is 0.338 e. The highest BCUT2D eigenvalue weighted by atomic mass is 32.1. The van der Waals surface area contributed by atoms with Gasteiger partial charge in [0.1, 0.15) is 10.0 Å². The maximum absolute atomic E-state index is 12.6. The molecule has 1 amide bonds. The summed E-state index contributed by atoms with van der Waals surface area (Å²) < 4.78 is 0. The molecule has 1 atom stereocenters. The Kier molecular flexibility index (Phi) is 5.92. The number of likely N-dealkylation sites (tertiary alicyclic amines) is 1. The molecule has 0 radical (unpaired) electrons. The second-order valence-corrected chi connectivity index (χ2v) is 8.16. The molecule has 3 aromatic rings. The molecular weight excluding hydrogens is 366 g/mol. The highest BCUT2D eigenvalue weighted by molar-refractivity contribution is 7.11. The molecule has 142 valence electrons. The summed E-state index contributed by atoms with van der Waals surface area (Å²) >= 11 is 1.68. The third-order valence-electron chi connectivity index (χ3n) is 4.98. The molecule has 0 N–H and O–H groups in total. The van der Waals surface area contributed by atoms with E-state index in [0.717, 1.165) is 47.9 Å². The minimum atomic E-state index is 0.0718. The van der Waals surface area contributed by atoms with E-state index in [4.69, 9.17) is 0 Å². The number of benzene rings is 2. The Morgan fingerprint density at radius 3 is 2.61 bits per heavy atom. The second-order valence-electron chi connectivity index (χ2n) is 7.06. The van der Waals surface area contributed by atoms with Crippen LogP contribution in [0.4, 0.5) is 0 Å². The lowest BCUT2D eigenvalue weighted by Crippen LogP contribution is -2.38. The first-order valence-electron chi connectivity index (χ1n) is 9.66. The van der Waals surface area contributed by atoms with Crippen molar-refractivity contribution in [2.75, 3.05) is 13.1 Å². The fourth-order valence-electron chi connectivity index (χ4n) is 3.49. The number of amides is 1. The van der Waals surface area contributed by atoms with E-state index >= 15 is 0 Å². The molecule has 1 unspecified atom stereocenters. The van der Waals surface area contributed by atoms with Crippen molar-refractivity contribution in [3.8, 4) is 0 Å². The number of piperidine rings is 1. The monoisotopic (exact) mass is 389 g/mol. The molecule has 0 saturated carbocycles. The molecule has 1 saturated heterocycles. The van der Waals surface area contributed by atoms with Gasteiger partial charge in [0, 0.05) is 31.5 Å². The average Bonchev–Trinajstić information content (AvgIpc) is 3.22. The van der Waals surface area contributed by atoms with Crippen LogP contribution in [-0.4, -0.2) is 34.1 Å². The first-order valence-corrected chi connectivity index (χ1v) is 10.5. The highest BCUT2D eigenvalue weighted by Gasteiger charge is 2.26. The summed E-state index contributed by atoms with van der Waals surface area (Å²) in [6.45, 7) is 1.53. The van der Waals surface area contributed by atoms with Crippen molar-refractivity contribution in [3.05, 3.63) is 87.9 Å². The Bertz CT molecular complexity index is 937.